The van der Waals surface area contributed by atoms with Crippen LogP contribution in [0.3, 0.4) is 0 Å². The van der Waals surface area contributed by atoms with Crippen LogP contribution in [0.4, 0.5) is 0 Å². The third-order valence-electron chi connectivity index (χ3n) is 4.34. The summed E-state index contributed by atoms with van der Waals surface area (Å²) in [7, 11) is 0. The highest BCUT2D eigenvalue weighted by atomic mass is 16.3. The van der Waals surface area contributed by atoms with Crippen molar-refractivity contribution in [1.29, 1.82) is 0 Å². The molecule has 0 aliphatic heterocycles. The van der Waals surface area contributed by atoms with Crippen molar-refractivity contribution in [2.75, 3.05) is 0 Å². The van der Waals surface area contributed by atoms with E-state index < -0.39 is 0 Å². The molecule has 3 aliphatic carbocycles. The van der Waals surface area contributed by atoms with Gasteiger partial charge in [-0.1, -0.05) is 6.42 Å². The van der Waals surface area contributed by atoms with Gasteiger partial charge in [-0.25, -0.2) is 0 Å². The molecule has 0 amide bonds. The Morgan fingerprint density at radius 3 is 2.73 bits per heavy atom. The van der Waals surface area contributed by atoms with Crippen LogP contribution in [0.2, 0.25) is 0 Å². The molecule has 1 nitrogen and oxygen atoms in total. The fourth-order valence-corrected chi connectivity index (χ4v) is 3.91. The molecule has 0 spiro atoms. The Bertz CT molecular complexity index is 174. The van der Waals surface area contributed by atoms with Crippen molar-refractivity contribution < 1.29 is 5.11 Å². The summed E-state index contributed by atoms with van der Waals surface area (Å²) in [6.45, 7) is 0. The second-order valence-corrected chi connectivity index (χ2v) is 4.81. The maximum atomic E-state index is 9.72. The van der Waals surface area contributed by atoms with Crippen LogP contribution >= 0.6 is 0 Å². The molecule has 3 fully saturated rings. The van der Waals surface area contributed by atoms with E-state index in [-0.39, 0.29) is 6.10 Å². The van der Waals surface area contributed by atoms with Crippen molar-refractivity contribution in [1.82, 2.24) is 0 Å². The summed E-state index contributed by atoms with van der Waals surface area (Å²) in [4.78, 5) is 0. The molecule has 5 atom stereocenters. The number of hydrogen-bond donors (Lipinski definition) is 1. The third-order valence-corrected chi connectivity index (χ3v) is 4.34. The minimum Gasteiger partial charge on any atom is -0.393 e. The lowest BCUT2D eigenvalue weighted by molar-refractivity contribution is 0.0865. The summed E-state index contributed by atoms with van der Waals surface area (Å²) >= 11 is 0. The molecule has 3 aliphatic rings. The van der Waals surface area contributed by atoms with Gasteiger partial charge in [-0.05, 0) is 49.4 Å². The van der Waals surface area contributed by atoms with Crippen molar-refractivity contribution in [2.24, 2.45) is 23.7 Å². The van der Waals surface area contributed by atoms with Gasteiger partial charge in [0.15, 0.2) is 0 Å². The average Bonchev–Trinajstić information content (AvgIpc) is 2.40. The van der Waals surface area contributed by atoms with Crippen LogP contribution in [0, 0.1) is 23.7 Å². The van der Waals surface area contributed by atoms with Gasteiger partial charge in [0.05, 0.1) is 6.10 Å². The molecule has 1 heteroatoms. The first-order chi connectivity index (χ1) is 5.34. The van der Waals surface area contributed by atoms with Crippen molar-refractivity contribution in [3.8, 4) is 0 Å². The second kappa shape index (κ2) is 2.01. The SMILES string of the molecule is O[C@H]1C[C@H]2C[C@H]3CC[C@@H]1[C@@H]2C3. The highest BCUT2D eigenvalue weighted by molar-refractivity contribution is 5.00. The maximum Gasteiger partial charge on any atom is 0.0573 e. The summed E-state index contributed by atoms with van der Waals surface area (Å²) in [5.74, 6) is 3.61. The number of aliphatic hydroxyl groups excluding tert-OH is 1. The maximum absolute atomic E-state index is 9.72. The Balaban J connectivity index is 1.92. The number of rotatable bonds is 0. The van der Waals surface area contributed by atoms with Gasteiger partial charge in [-0.15, -0.1) is 0 Å². The summed E-state index contributed by atoms with van der Waals surface area (Å²) in [5.41, 5.74) is 0. The first-order valence-electron chi connectivity index (χ1n) is 5.02. The standard InChI is InChI=1S/C10H16O/c11-10-5-7-3-6-1-2-8(10)9(7)4-6/h6-11H,1-5H2/t6-,7-,8-,9-,10+/m1/s1. The van der Waals surface area contributed by atoms with E-state index in [1.54, 1.807) is 0 Å². The molecule has 0 aromatic heterocycles. The molecular weight excluding hydrogens is 136 g/mol. The predicted octanol–water partition coefficient (Wildman–Crippen LogP) is 1.80. The van der Waals surface area contributed by atoms with Crippen molar-refractivity contribution in [2.45, 2.75) is 38.2 Å². The quantitative estimate of drug-likeness (QED) is 0.561. The second-order valence-electron chi connectivity index (χ2n) is 4.81. The fraction of sp³-hybridized carbons (Fsp3) is 1.00. The zero-order valence-corrected chi connectivity index (χ0v) is 6.87. The first kappa shape index (κ1) is 6.47. The lowest BCUT2D eigenvalue weighted by atomic mass is 9.80. The monoisotopic (exact) mass is 152 g/mol. The first-order valence-corrected chi connectivity index (χ1v) is 5.02. The molecule has 1 N–H and O–H groups in total. The smallest absolute Gasteiger partial charge is 0.0573 e. The minimum atomic E-state index is 0.0752. The molecule has 2 bridgehead atoms. The molecule has 11 heavy (non-hydrogen) atoms. The molecule has 0 aromatic rings. The van der Waals surface area contributed by atoms with E-state index in [0.29, 0.717) is 5.92 Å². The Morgan fingerprint density at radius 2 is 1.82 bits per heavy atom. The van der Waals surface area contributed by atoms with Crippen LogP contribution in [-0.4, -0.2) is 11.2 Å². The van der Waals surface area contributed by atoms with E-state index in [2.05, 4.69) is 0 Å². The fourth-order valence-electron chi connectivity index (χ4n) is 3.91. The van der Waals surface area contributed by atoms with Gasteiger partial charge in [0.1, 0.15) is 0 Å². The van der Waals surface area contributed by atoms with Crippen molar-refractivity contribution in [3.05, 3.63) is 0 Å². The summed E-state index contributed by atoms with van der Waals surface area (Å²) < 4.78 is 0. The summed E-state index contributed by atoms with van der Waals surface area (Å²) in [5, 5.41) is 9.72. The normalized spacial score (nSPS) is 60.3. The zero-order valence-electron chi connectivity index (χ0n) is 6.87. The van der Waals surface area contributed by atoms with E-state index in [4.69, 9.17) is 0 Å². The molecule has 3 saturated carbocycles. The summed E-state index contributed by atoms with van der Waals surface area (Å²) in [6, 6.07) is 0. The Kier molecular flexibility index (Phi) is 1.18. The third kappa shape index (κ3) is 0.752. The Morgan fingerprint density at radius 1 is 0.909 bits per heavy atom. The lowest BCUT2D eigenvalue weighted by Gasteiger charge is -2.27. The molecule has 0 aromatic carbocycles. The molecule has 0 heterocycles. The Hall–Kier alpha value is -0.0400. The van der Waals surface area contributed by atoms with Gasteiger partial charge in [-0.3, -0.25) is 0 Å². The van der Waals surface area contributed by atoms with Crippen LogP contribution in [0.15, 0.2) is 0 Å². The Labute approximate surface area is 67.8 Å². The highest BCUT2D eigenvalue weighted by Gasteiger charge is 2.50. The van der Waals surface area contributed by atoms with Crippen molar-refractivity contribution in [3.63, 3.8) is 0 Å². The summed E-state index contributed by atoms with van der Waals surface area (Å²) in [6.07, 6.45) is 6.84. The van der Waals surface area contributed by atoms with E-state index in [0.717, 1.165) is 24.2 Å². The highest BCUT2D eigenvalue weighted by Crippen LogP contribution is 2.56. The van der Waals surface area contributed by atoms with Crippen LogP contribution in [0.5, 0.6) is 0 Å². The average molecular weight is 152 g/mol. The lowest BCUT2D eigenvalue weighted by Crippen LogP contribution is -2.23. The van der Waals surface area contributed by atoms with Gasteiger partial charge in [0.2, 0.25) is 0 Å². The zero-order chi connectivity index (χ0) is 7.42. The van der Waals surface area contributed by atoms with Gasteiger partial charge in [0.25, 0.3) is 0 Å². The number of hydrogen-bond acceptors (Lipinski definition) is 1. The van der Waals surface area contributed by atoms with Crippen molar-refractivity contribution >= 4 is 0 Å². The molecule has 0 saturated heterocycles. The predicted molar refractivity (Wildman–Crippen MR) is 43.1 cm³/mol. The van der Waals surface area contributed by atoms with Crippen LogP contribution in [0.1, 0.15) is 32.1 Å². The molecule has 3 rings (SSSR count). The molecular formula is C10H16O. The van der Waals surface area contributed by atoms with E-state index >= 15 is 0 Å². The molecule has 62 valence electrons. The number of aliphatic hydroxyl groups is 1. The largest absolute Gasteiger partial charge is 0.393 e. The van der Waals surface area contributed by atoms with Crippen LogP contribution in [0.25, 0.3) is 0 Å². The van der Waals surface area contributed by atoms with Gasteiger partial charge in [-0.2, -0.15) is 0 Å². The molecule has 0 unspecified atom stereocenters. The van der Waals surface area contributed by atoms with Gasteiger partial charge in [0, 0.05) is 0 Å². The van der Waals surface area contributed by atoms with E-state index in [9.17, 15) is 5.11 Å². The van der Waals surface area contributed by atoms with Crippen LogP contribution in [-0.2, 0) is 0 Å². The molecule has 0 radical (unpaired) electrons. The van der Waals surface area contributed by atoms with E-state index in [1.165, 1.54) is 25.7 Å². The van der Waals surface area contributed by atoms with Gasteiger partial charge >= 0.3 is 0 Å². The van der Waals surface area contributed by atoms with Crippen LogP contribution < -0.4 is 0 Å². The van der Waals surface area contributed by atoms with Gasteiger partial charge < -0.3 is 5.11 Å². The minimum absolute atomic E-state index is 0.0752. The topological polar surface area (TPSA) is 20.2 Å². The van der Waals surface area contributed by atoms with E-state index in [1.807, 2.05) is 0 Å². The number of fused-ring (bicyclic) bond motifs is 1.